The third kappa shape index (κ3) is 4.39. The molecule has 1 aliphatic rings. The summed E-state index contributed by atoms with van der Waals surface area (Å²) in [6.45, 7) is 2.34. The summed E-state index contributed by atoms with van der Waals surface area (Å²) in [5, 5.41) is 11.7. The molecule has 4 rings (SSSR count). The van der Waals surface area contributed by atoms with Crippen LogP contribution in [-0.2, 0) is 21.7 Å². The summed E-state index contributed by atoms with van der Waals surface area (Å²) in [7, 11) is 3.85. The number of benzene rings is 3. The Morgan fingerprint density at radius 1 is 0.971 bits per heavy atom. The van der Waals surface area contributed by atoms with Crippen LogP contribution >= 0.6 is 0 Å². The molecule has 0 saturated carbocycles. The van der Waals surface area contributed by atoms with Crippen LogP contribution in [0, 0.1) is 11.6 Å². The van der Waals surface area contributed by atoms with Crippen molar-refractivity contribution < 1.29 is 28.2 Å². The molecule has 5 nitrogen and oxygen atoms in total. The quantitative estimate of drug-likeness (QED) is 0.507. The van der Waals surface area contributed by atoms with Crippen LogP contribution in [0.2, 0.25) is 0 Å². The summed E-state index contributed by atoms with van der Waals surface area (Å²) >= 11 is 0. The summed E-state index contributed by atoms with van der Waals surface area (Å²) in [6, 6.07) is 17.3. The van der Waals surface area contributed by atoms with Gasteiger partial charge in [-0.25, -0.2) is 13.6 Å². The van der Waals surface area contributed by atoms with Crippen LogP contribution in [0.4, 0.5) is 14.5 Å². The normalized spacial score (nSPS) is 17.6. The van der Waals surface area contributed by atoms with Gasteiger partial charge in [-0.3, -0.25) is 0 Å². The smallest absolute Gasteiger partial charge is 0.342 e. The van der Waals surface area contributed by atoms with E-state index in [1.54, 1.807) is 24.3 Å². The molecule has 176 valence electrons. The van der Waals surface area contributed by atoms with Gasteiger partial charge in [-0.1, -0.05) is 18.2 Å². The maximum Gasteiger partial charge on any atom is 0.342 e. The standard InChI is InChI=1S/C27H25F2NO4/c1-4-33-21-12-8-19(9-13-21)27(32)22(15-17-5-10-20(11-6-17)30(2)3)25(26(31)34-27)18-7-14-23(28)24(29)16-18/h5-14,16,32H,4,15H2,1-3H3. The minimum Gasteiger partial charge on any atom is -0.494 e. The lowest BCUT2D eigenvalue weighted by Gasteiger charge is -2.26. The van der Waals surface area contributed by atoms with Crippen molar-refractivity contribution in [3.05, 3.63) is 101 Å². The highest BCUT2D eigenvalue weighted by Gasteiger charge is 2.48. The Morgan fingerprint density at radius 2 is 1.65 bits per heavy atom. The topological polar surface area (TPSA) is 59.0 Å². The Kier molecular flexibility index (Phi) is 6.39. The first-order valence-corrected chi connectivity index (χ1v) is 10.9. The van der Waals surface area contributed by atoms with Crippen LogP contribution in [0.3, 0.4) is 0 Å². The fourth-order valence-electron chi connectivity index (χ4n) is 3.98. The van der Waals surface area contributed by atoms with Crippen LogP contribution in [0.25, 0.3) is 5.57 Å². The SMILES string of the molecule is CCOc1ccc(C2(O)OC(=O)C(c3ccc(F)c(F)c3)=C2Cc2ccc(N(C)C)cc2)cc1. The summed E-state index contributed by atoms with van der Waals surface area (Å²) in [5.74, 6) is -4.42. The van der Waals surface area contributed by atoms with E-state index in [1.165, 1.54) is 6.07 Å². The summed E-state index contributed by atoms with van der Waals surface area (Å²) in [6.07, 6.45) is 0.150. The third-order valence-electron chi connectivity index (χ3n) is 5.75. The number of aliphatic hydroxyl groups is 1. The first-order valence-electron chi connectivity index (χ1n) is 10.9. The van der Waals surface area contributed by atoms with E-state index < -0.39 is 23.4 Å². The molecular formula is C27H25F2NO4. The van der Waals surface area contributed by atoms with Gasteiger partial charge in [0.1, 0.15) is 5.75 Å². The molecule has 0 spiro atoms. The molecule has 3 aromatic carbocycles. The molecule has 0 saturated heterocycles. The van der Waals surface area contributed by atoms with Crippen molar-refractivity contribution in [3.63, 3.8) is 0 Å². The van der Waals surface area contributed by atoms with E-state index in [2.05, 4.69) is 0 Å². The van der Waals surface area contributed by atoms with E-state index in [9.17, 15) is 18.7 Å². The number of hydrogen-bond acceptors (Lipinski definition) is 5. The molecule has 1 aliphatic heterocycles. The van der Waals surface area contributed by atoms with Gasteiger partial charge in [-0.2, -0.15) is 0 Å². The molecule has 34 heavy (non-hydrogen) atoms. The van der Waals surface area contributed by atoms with Crippen molar-refractivity contribution >= 4 is 17.2 Å². The van der Waals surface area contributed by atoms with E-state index in [0.29, 0.717) is 17.9 Å². The van der Waals surface area contributed by atoms with E-state index >= 15 is 0 Å². The minimum atomic E-state index is -2.08. The zero-order valence-electron chi connectivity index (χ0n) is 19.1. The Balaban J connectivity index is 1.84. The van der Waals surface area contributed by atoms with Gasteiger partial charge >= 0.3 is 5.97 Å². The second-order valence-electron chi connectivity index (χ2n) is 8.21. The van der Waals surface area contributed by atoms with Crippen molar-refractivity contribution in [1.82, 2.24) is 0 Å². The van der Waals surface area contributed by atoms with Gasteiger partial charge in [0, 0.05) is 37.3 Å². The zero-order valence-corrected chi connectivity index (χ0v) is 19.1. The second kappa shape index (κ2) is 9.27. The molecule has 0 fully saturated rings. The first-order chi connectivity index (χ1) is 16.2. The van der Waals surface area contributed by atoms with Crippen LogP contribution in [0.1, 0.15) is 23.6 Å². The number of carbonyl (C=O) groups excluding carboxylic acids is 1. The maximum atomic E-state index is 14.0. The van der Waals surface area contributed by atoms with Crippen LogP contribution in [0.15, 0.2) is 72.3 Å². The van der Waals surface area contributed by atoms with Gasteiger partial charge in [0.25, 0.3) is 5.79 Å². The van der Waals surface area contributed by atoms with Crippen LogP contribution in [0.5, 0.6) is 5.75 Å². The number of ether oxygens (including phenoxy) is 2. The van der Waals surface area contributed by atoms with Gasteiger partial charge in [0.15, 0.2) is 11.6 Å². The summed E-state index contributed by atoms with van der Waals surface area (Å²) in [4.78, 5) is 14.9. The maximum absolute atomic E-state index is 14.0. The summed E-state index contributed by atoms with van der Waals surface area (Å²) < 4.78 is 38.6. The molecule has 3 aromatic rings. The lowest BCUT2D eigenvalue weighted by molar-refractivity contribution is -0.185. The number of halogens is 2. The van der Waals surface area contributed by atoms with Crippen LogP contribution < -0.4 is 9.64 Å². The van der Waals surface area contributed by atoms with Crippen LogP contribution in [-0.4, -0.2) is 31.8 Å². The van der Waals surface area contributed by atoms with Crippen molar-refractivity contribution in [3.8, 4) is 5.75 Å². The predicted octanol–water partition coefficient (Wildman–Crippen LogP) is 4.83. The number of nitrogens with zero attached hydrogens (tertiary/aromatic N) is 1. The molecule has 1 atom stereocenters. The Hall–Kier alpha value is -3.71. The molecular weight excluding hydrogens is 440 g/mol. The Bertz CT molecular complexity index is 1240. The number of rotatable bonds is 7. The highest BCUT2D eigenvalue weighted by molar-refractivity contribution is 6.20. The third-order valence-corrected chi connectivity index (χ3v) is 5.75. The fourth-order valence-corrected chi connectivity index (χ4v) is 3.98. The predicted molar refractivity (Wildman–Crippen MR) is 125 cm³/mol. The molecule has 0 amide bonds. The van der Waals surface area contributed by atoms with E-state index in [0.717, 1.165) is 23.4 Å². The highest BCUT2D eigenvalue weighted by Crippen LogP contribution is 2.45. The number of anilines is 1. The number of cyclic esters (lactones) is 1. The zero-order chi connectivity index (χ0) is 24.5. The molecule has 0 radical (unpaired) electrons. The lowest BCUT2D eigenvalue weighted by Crippen LogP contribution is -2.29. The molecule has 0 aliphatic carbocycles. The lowest BCUT2D eigenvalue weighted by atomic mass is 9.88. The van der Waals surface area contributed by atoms with Gasteiger partial charge in [0.05, 0.1) is 12.2 Å². The largest absolute Gasteiger partial charge is 0.494 e. The van der Waals surface area contributed by atoms with Gasteiger partial charge in [-0.05, 0) is 66.6 Å². The van der Waals surface area contributed by atoms with Gasteiger partial charge < -0.3 is 19.5 Å². The fraction of sp³-hybridized carbons (Fsp3) is 0.222. The molecule has 7 heteroatoms. The van der Waals surface area contributed by atoms with Crippen molar-refractivity contribution in [2.75, 3.05) is 25.6 Å². The summed E-state index contributed by atoms with van der Waals surface area (Å²) in [5.41, 5.74) is 2.49. The number of carbonyl (C=O) groups is 1. The van der Waals surface area contributed by atoms with Crippen molar-refractivity contribution in [2.45, 2.75) is 19.1 Å². The van der Waals surface area contributed by atoms with E-state index in [4.69, 9.17) is 9.47 Å². The average Bonchev–Trinajstić information content (AvgIpc) is 3.07. The highest BCUT2D eigenvalue weighted by atomic mass is 19.2. The van der Waals surface area contributed by atoms with Crippen molar-refractivity contribution in [1.29, 1.82) is 0 Å². The number of hydrogen-bond donors (Lipinski definition) is 1. The Labute approximate surface area is 196 Å². The number of esters is 1. The van der Waals surface area contributed by atoms with E-state index in [-0.39, 0.29) is 23.1 Å². The molecule has 1 N–H and O–H groups in total. The Morgan fingerprint density at radius 3 is 2.24 bits per heavy atom. The molecule has 0 aromatic heterocycles. The van der Waals surface area contributed by atoms with Gasteiger partial charge in [-0.15, -0.1) is 0 Å². The molecule has 1 unspecified atom stereocenters. The second-order valence-corrected chi connectivity index (χ2v) is 8.21. The first kappa shape index (κ1) is 23.4. The van der Waals surface area contributed by atoms with E-state index in [1.807, 2.05) is 50.2 Å². The molecule has 0 bridgehead atoms. The minimum absolute atomic E-state index is 0.00645. The van der Waals surface area contributed by atoms with Gasteiger partial charge in [0.2, 0.25) is 0 Å². The molecule has 1 heterocycles. The van der Waals surface area contributed by atoms with Crippen molar-refractivity contribution in [2.24, 2.45) is 0 Å². The average molecular weight is 465 g/mol. The monoisotopic (exact) mass is 465 g/mol.